The van der Waals surface area contributed by atoms with Crippen molar-refractivity contribution in [1.29, 1.82) is 0 Å². The molecule has 0 aliphatic heterocycles. The monoisotopic (exact) mass is 454 g/mol. The summed E-state index contributed by atoms with van der Waals surface area (Å²) < 4.78 is 64.9. The van der Waals surface area contributed by atoms with Gasteiger partial charge in [0.1, 0.15) is 0 Å². The molecule has 30 heavy (non-hydrogen) atoms. The summed E-state index contributed by atoms with van der Waals surface area (Å²) >= 11 is 5.78. The molecule has 0 saturated heterocycles. The first-order chi connectivity index (χ1) is 14.0. The highest BCUT2D eigenvalue weighted by Gasteiger charge is 2.30. The number of amides is 1. The summed E-state index contributed by atoms with van der Waals surface area (Å²) in [4.78, 5) is 12.1. The maximum absolute atomic E-state index is 12.6. The van der Waals surface area contributed by atoms with Gasteiger partial charge in [0, 0.05) is 22.0 Å². The van der Waals surface area contributed by atoms with Gasteiger partial charge in [0.25, 0.3) is 15.9 Å². The lowest BCUT2D eigenvalue weighted by Crippen LogP contribution is -2.14. The maximum Gasteiger partial charge on any atom is 0.416 e. The number of halogens is 4. The average molecular weight is 455 g/mol. The van der Waals surface area contributed by atoms with Crippen molar-refractivity contribution in [2.75, 3.05) is 10.0 Å². The van der Waals surface area contributed by atoms with Gasteiger partial charge in [-0.05, 0) is 72.8 Å². The van der Waals surface area contributed by atoms with E-state index in [2.05, 4.69) is 10.0 Å². The predicted molar refractivity (Wildman–Crippen MR) is 108 cm³/mol. The molecule has 0 aliphatic rings. The van der Waals surface area contributed by atoms with E-state index in [-0.39, 0.29) is 10.6 Å². The molecule has 5 nitrogen and oxygen atoms in total. The minimum Gasteiger partial charge on any atom is -0.322 e. The number of nitrogens with one attached hydrogen (secondary N) is 2. The van der Waals surface area contributed by atoms with Gasteiger partial charge in [-0.2, -0.15) is 13.2 Å². The molecular weight excluding hydrogens is 441 g/mol. The minimum atomic E-state index is -4.51. The Hall–Kier alpha value is -3.04. The Morgan fingerprint density at radius 2 is 1.33 bits per heavy atom. The number of carbonyl (C=O) groups excluding carboxylic acids is 1. The van der Waals surface area contributed by atoms with Crippen molar-refractivity contribution < 1.29 is 26.4 Å². The van der Waals surface area contributed by atoms with Crippen molar-refractivity contribution in [3.63, 3.8) is 0 Å². The second-order valence-electron chi connectivity index (χ2n) is 6.17. The molecule has 0 saturated carbocycles. The van der Waals surface area contributed by atoms with Gasteiger partial charge in [-0.25, -0.2) is 8.42 Å². The molecule has 1 amide bonds. The van der Waals surface area contributed by atoms with Crippen molar-refractivity contribution >= 4 is 38.9 Å². The van der Waals surface area contributed by atoms with Crippen LogP contribution in [0.4, 0.5) is 24.5 Å². The Morgan fingerprint density at radius 3 is 1.87 bits per heavy atom. The van der Waals surface area contributed by atoms with E-state index in [0.29, 0.717) is 16.3 Å². The lowest BCUT2D eigenvalue weighted by Gasteiger charge is -2.11. The average Bonchev–Trinajstić information content (AvgIpc) is 2.68. The zero-order chi connectivity index (χ0) is 21.9. The molecule has 0 aliphatic carbocycles. The summed E-state index contributed by atoms with van der Waals surface area (Å²) in [6.07, 6.45) is -4.51. The van der Waals surface area contributed by atoms with Crippen LogP contribution in [-0.2, 0) is 16.2 Å². The topological polar surface area (TPSA) is 75.3 Å². The fourth-order valence-corrected chi connectivity index (χ4v) is 3.65. The molecular formula is C20H14ClF3N2O3S. The predicted octanol–water partition coefficient (Wildman–Crippen LogP) is 5.41. The third-order valence-electron chi connectivity index (χ3n) is 3.99. The van der Waals surface area contributed by atoms with Crippen LogP contribution in [0.25, 0.3) is 0 Å². The van der Waals surface area contributed by atoms with Crippen LogP contribution in [0.5, 0.6) is 0 Å². The second kappa shape index (κ2) is 8.37. The van der Waals surface area contributed by atoms with Gasteiger partial charge in [-0.1, -0.05) is 11.6 Å². The zero-order valence-corrected chi connectivity index (χ0v) is 16.6. The fourth-order valence-electron chi connectivity index (χ4n) is 2.46. The first kappa shape index (κ1) is 21.7. The third kappa shape index (κ3) is 5.31. The van der Waals surface area contributed by atoms with E-state index in [1.807, 2.05) is 0 Å². The highest BCUT2D eigenvalue weighted by Crippen LogP contribution is 2.30. The smallest absolute Gasteiger partial charge is 0.322 e. The summed E-state index contributed by atoms with van der Waals surface area (Å²) in [5.74, 6) is -0.398. The Labute approximate surface area is 175 Å². The second-order valence-corrected chi connectivity index (χ2v) is 8.28. The molecule has 0 unspecified atom stereocenters. The van der Waals surface area contributed by atoms with Crippen LogP contribution in [0.2, 0.25) is 5.02 Å². The van der Waals surface area contributed by atoms with Gasteiger partial charge in [-0.3, -0.25) is 9.52 Å². The van der Waals surface area contributed by atoms with E-state index >= 15 is 0 Å². The van der Waals surface area contributed by atoms with E-state index < -0.39 is 27.7 Å². The number of benzene rings is 3. The summed E-state index contributed by atoms with van der Waals surface area (Å²) in [6, 6.07) is 15.2. The van der Waals surface area contributed by atoms with Gasteiger partial charge < -0.3 is 5.32 Å². The Morgan fingerprint density at radius 1 is 0.800 bits per heavy atom. The molecule has 3 aromatic rings. The molecule has 0 spiro atoms. The van der Waals surface area contributed by atoms with Crippen LogP contribution in [0.3, 0.4) is 0 Å². The van der Waals surface area contributed by atoms with Gasteiger partial charge in [0.15, 0.2) is 0 Å². The number of rotatable bonds is 5. The number of anilines is 2. The van der Waals surface area contributed by atoms with Gasteiger partial charge in [0.05, 0.1) is 10.5 Å². The van der Waals surface area contributed by atoms with Crippen LogP contribution in [0.1, 0.15) is 15.9 Å². The van der Waals surface area contributed by atoms with Crippen LogP contribution in [0.15, 0.2) is 77.7 Å². The van der Waals surface area contributed by atoms with Crippen molar-refractivity contribution in [2.24, 2.45) is 0 Å². The van der Waals surface area contributed by atoms with Gasteiger partial charge in [-0.15, -0.1) is 0 Å². The van der Waals surface area contributed by atoms with E-state index in [0.717, 1.165) is 24.3 Å². The quantitative estimate of drug-likeness (QED) is 0.541. The van der Waals surface area contributed by atoms with Crippen LogP contribution < -0.4 is 10.0 Å². The lowest BCUT2D eigenvalue weighted by atomic mass is 10.2. The van der Waals surface area contributed by atoms with E-state index in [1.165, 1.54) is 24.3 Å². The molecule has 0 bridgehead atoms. The molecule has 10 heteroatoms. The van der Waals surface area contributed by atoms with Crippen molar-refractivity contribution in [2.45, 2.75) is 11.1 Å². The zero-order valence-electron chi connectivity index (χ0n) is 15.1. The minimum absolute atomic E-state index is 0.0110. The summed E-state index contributed by atoms with van der Waals surface area (Å²) in [5, 5.41) is 3.11. The Kier molecular flexibility index (Phi) is 6.04. The first-order valence-electron chi connectivity index (χ1n) is 8.42. The standard InChI is InChI=1S/C20H14ClF3N2O3S/c21-15-5-1-13(2-6-15)19(27)25-16-9-11-18(12-10-16)30(28,29)26-17-7-3-14(4-8-17)20(22,23)24/h1-12,26H,(H,25,27). The Balaban J connectivity index is 1.70. The van der Waals surface area contributed by atoms with Crippen molar-refractivity contribution in [3.05, 3.63) is 88.9 Å². The van der Waals surface area contributed by atoms with E-state index in [9.17, 15) is 26.4 Å². The first-order valence-corrected chi connectivity index (χ1v) is 10.3. The highest BCUT2D eigenvalue weighted by atomic mass is 35.5. The van der Waals surface area contributed by atoms with Crippen LogP contribution in [0, 0.1) is 0 Å². The van der Waals surface area contributed by atoms with Gasteiger partial charge >= 0.3 is 6.18 Å². The Bertz CT molecular complexity index is 1150. The largest absolute Gasteiger partial charge is 0.416 e. The summed E-state index contributed by atoms with van der Waals surface area (Å²) in [6.45, 7) is 0. The molecule has 2 N–H and O–H groups in total. The molecule has 0 heterocycles. The number of alkyl halides is 3. The molecule has 0 fully saturated rings. The van der Waals surface area contributed by atoms with E-state index in [4.69, 9.17) is 11.6 Å². The SMILES string of the molecule is O=C(Nc1ccc(S(=O)(=O)Nc2ccc(C(F)(F)F)cc2)cc1)c1ccc(Cl)cc1. The maximum atomic E-state index is 12.6. The van der Waals surface area contributed by atoms with E-state index in [1.54, 1.807) is 24.3 Å². The lowest BCUT2D eigenvalue weighted by molar-refractivity contribution is -0.137. The number of hydrogen-bond donors (Lipinski definition) is 2. The molecule has 0 radical (unpaired) electrons. The van der Waals surface area contributed by atoms with Crippen molar-refractivity contribution in [1.82, 2.24) is 0 Å². The van der Waals surface area contributed by atoms with Gasteiger partial charge in [0.2, 0.25) is 0 Å². The number of carbonyl (C=O) groups is 1. The normalized spacial score (nSPS) is 11.7. The number of sulfonamides is 1. The summed E-state index contributed by atoms with van der Waals surface area (Å²) in [7, 11) is -4.02. The molecule has 0 atom stereocenters. The molecule has 0 aromatic heterocycles. The van der Waals surface area contributed by atoms with Crippen LogP contribution >= 0.6 is 11.6 Å². The third-order valence-corrected chi connectivity index (χ3v) is 5.64. The molecule has 3 aromatic carbocycles. The molecule has 156 valence electrons. The number of hydrogen-bond acceptors (Lipinski definition) is 3. The highest BCUT2D eigenvalue weighted by molar-refractivity contribution is 7.92. The van der Waals surface area contributed by atoms with Crippen molar-refractivity contribution in [3.8, 4) is 0 Å². The summed E-state index contributed by atoms with van der Waals surface area (Å²) in [5.41, 5.74) is -0.155. The van der Waals surface area contributed by atoms with Crippen LogP contribution in [-0.4, -0.2) is 14.3 Å². The fraction of sp³-hybridized carbons (Fsp3) is 0.0500. The molecule has 3 rings (SSSR count).